The highest BCUT2D eigenvalue weighted by atomic mass is 35.5. The van der Waals surface area contributed by atoms with Gasteiger partial charge in [-0.25, -0.2) is 0 Å². The Morgan fingerprint density at radius 2 is 2.21 bits per heavy atom. The molecule has 0 bridgehead atoms. The Morgan fingerprint density at radius 1 is 1.46 bits per heavy atom. The molecular weight excluding hydrogens is 372 g/mol. The van der Waals surface area contributed by atoms with E-state index in [0.717, 1.165) is 0 Å². The number of alkyl halides is 3. The summed E-state index contributed by atoms with van der Waals surface area (Å²) in [7, 11) is 0. The lowest BCUT2D eigenvalue weighted by Gasteiger charge is -2.23. The fourth-order valence-electron chi connectivity index (χ4n) is 2.06. The minimum absolute atomic E-state index is 0. The number of amides is 1. The van der Waals surface area contributed by atoms with Crippen molar-refractivity contribution in [2.24, 2.45) is 0 Å². The third-order valence-corrected chi connectivity index (χ3v) is 3.27. The number of ether oxygens (including phenoxy) is 2. The quantitative estimate of drug-likeness (QED) is 0.813. The minimum Gasteiger partial charge on any atom is -0.482 e. The average molecular weight is 389 g/mol. The summed E-state index contributed by atoms with van der Waals surface area (Å²) < 4.78 is 46.7. The Morgan fingerprint density at radius 3 is 2.83 bits per heavy atom. The largest absolute Gasteiger partial charge is 0.482 e. The van der Waals surface area contributed by atoms with Crippen molar-refractivity contribution in [3.8, 4) is 5.75 Å². The van der Waals surface area contributed by atoms with Gasteiger partial charge in [0.2, 0.25) is 5.91 Å². The molecule has 0 saturated carbocycles. The van der Waals surface area contributed by atoms with Crippen molar-refractivity contribution in [3.05, 3.63) is 23.2 Å². The molecule has 0 aromatic heterocycles. The zero-order valence-electron chi connectivity index (χ0n) is 12.5. The second-order valence-corrected chi connectivity index (χ2v) is 5.46. The van der Waals surface area contributed by atoms with E-state index in [1.165, 1.54) is 18.2 Å². The molecule has 136 valence electrons. The zero-order valence-corrected chi connectivity index (χ0v) is 14.1. The third-order valence-electron chi connectivity index (χ3n) is 3.04. The number of carbonyl (C=O) groups is 1. The van der Waals surface area contributed by atoms with Gasteiger partial charge in [-0.05, 0) is 18.2 Å². The van der Waals surface area contributed by atoms with Gasteiger partial charge in [-0.2, -0.15) is 13.2 Å². The Kier molecular flexibility index (Phi) is 8.08. The topological polar surface area (TPSA) is 59.6 Å². The highest BCUT2D eigenvalue weighted by Crippen LogP contribution is 2.29. The smallest absolute Gasteiger partial charge is 0.422 e. The summed E-state index contributed by atoms with van der Waals surface area (Å²) in [4.78, 5) is 12.0. The predicted octanol–water partition coefficient (Wildman–Crippen LogP) is 3.02. The highest BCUT2D eigenvalue weighted by molar-refractivity contribution is 6.31. The first kappa shape index (κ1) is 20.8. The SMILES string of the molecule is Cl.O=C(CC1COCCN1)Nc1cc(Cl)ccc1OCC(F)(F)F. The first-order valence-electron chi connectivity index (χ1n) is 6.93. The minimum atomic E-state index is -4.47. The molecule has 1 aliphatic rings. The van der Waals surface area contributed by atoms with Crippen molar-refractivity contribution in [2.45, 2.75) is 18.6 Å². The number of halogens is 5. The summed E-state index contributed by atoms with van der Waals surface area (Å²) in [5.41, 5.74) is 0.100. The van der Waals surface area contributed by atoms with Crippen LogP contribution in [-0.2, 0) is 9.53 Å². The second kappa shape index (κ2) is 9.31. The predicted molar refractivity (Wildman–Crippen MR) is 86.1 cm³/mol. The lowest BCUT2D eigenvalue weighted by molar-refractivity contribution is -0.153. The van der Waals surface area contributed by atoms with Gasteiger partial charge >= 0.3 is 6.18 Å². The van der Waals surface area contributed by atoms with Gasteiger partial charge in [-0.15, -0.1) is 12.4 Å². The molecule has 1 aromatic rings. The fraction of sp³-hybridized carbons (Fsp3) is 0.500. The van der Waals surface area contributed by atoms with Crippen LogP contribution in [0, 0.1) is 0 Å². The Labute approximate surface area is 148 Å². The van der Waals surface area contributed by atoms with E-state index in [-0.39, 0.29) is 47.2 Å². The standard InChI is InChI=1S/C14H16ClF3N2O3.ClH/c15-9-1-2-12(23-8-14(16,17)18)11(5-9)20-13(21)6-10-7-22-4-3-19-10;/h1-2,5,10,19H,3-4,6-8H2,(H,20,21);1H. The lowest BCUT2D eigenvalue weighted by atomic mass is 10.2. The molecular formula is C14H17Cl2F3N2O3. The maximum Gasteiger partial charge on any atom is 0.422 e. The molecule has 1 saturated heterocycles. The molecule has 0 spiro atoms. The molecule has 1 aromatic carbocycles. The molecule has 10 heteroatoms. The molecule has 2 rings (SSSR count). The van der Waals surface area contributed by atoms with E-state index in [2.05, 4.69) is 10.6 Å². The van der Waals surface area contributed by atoms with E-state index in [4.69, 9.17) is 21.1 Å². The van der Waals surface area contributed by atoms with Crippen LogP contribution < -0.4 is 15.4 Å². The summed E-state index contributed by atoms with van der Waals surface area (Å²) >= 11 is 5.82. The molecule has 1 unspecified atom stereocenters. The van der Waals surface area contributed by atoms with Crippen molar-refractivity contribution in [2.75, 3.05) is 31.7 Å². The van der Waals surface area contributed by atoms with Crippen LogP contribution in [0.15, 0.2) is 18.2 Å². The van der Waals surface area contributed by atoms with Gasteiger partial charge < -0.3 is 20.1 Å². The molecule has 1 atom stereocenters. The number of rotatable bonds is 5. The third kappa shape index (κ3) is 7.12. The summed E-state index contributed by atoms with van der Waals surface area (Å²) in [5.74, 6) is -0.458. The van der Waals surface area contributed by atoms with Crippen molar-refractivity contribution in [3.63, 3.8) is 0 Å². The highest BCUT2D eigenvalue weighted by Gasteiger charge is 2.29. The van der Waals surface area contributed by atoms with E-state index in [9.17, 15) is 18.0 Å². The van der Waals surface area contributed by atoms with Crippen molar-refractivity contribution in [1.29, 1.82) is 0 Å². The van der Waals surface area contributed by atoms with E-state index >= 15 is 0 Å². The molecule has 1 amide bonds. The first-order chi connectivity index (χ1) is 10.8. The maximum atomic E-state index is 12.3. The molecule has 1 fully saturated rings. The Bertz CT molecular complexity index is 553. The second-order valence-electron chi connectivity index (χ2n) is 5.02. The molecule has 1 aliphatic heterocycles. The van der Waals surface area contributed by atoms with E-state index in [1.807, 2.05) is 0 Å². The van der Waals surface area contributed by atoms with Gasteiger partial charge in [0.15, 0.2) is 6.61 Å². The molecule has 0 aliphatic carbocycles. The molecule has 5 nitrogen and oxygen atoms in total. The molecule has 0 radical (unpaired) electrons. The van der Waals surface area contributed by atoms with Crippen LogP contribution in [0.5, 0.6) is 5.75 Å². The van der Waals surface area contributed by atoms with Crippen LogP contribution in [0.4, 0.5) is 18.9 Å². The summed E-state index contributed by atoms with van der Waals surface area (Å²) in [6, 6.07) is 3.88. The molecule has 24 heavy (non-hydrogen) atoms. The normalized spacial score (nSPS) is 17.8. The van der Waals surface area contributed by atoms with Crippen LogP contribution in [-0.4, -0.2) is 44.5 Å². The number of hydrogen-bond donors (Lipinski definition) is 2. The van der Waals surface area contributed by atoms with Crippen LogP contribution >= 0.6 is 24.0 Å². The van der Waals surface area contributed by atoms with Crippen LogP contribution in [0.1, 0.15) is 6.42 Å². The average Bonchev–Trinajstić information content (AvgIpc) is 2.46. The summed E-state index contributed by atoms with van der Waals surface area (Å²) in [5, 5.41) is 5.92. The maximum absolute atomic E-state index is 12.3. The fourth-order valence-corrected chi connectivity index (χ4v) is 2.23. The number of anilines is 1. The van der Waals surface area contributed by atoms with E-state index in [0.29, 0.717) is 19.8 Å². The first-order valence-corrected chi connectivity index (χ1v) is 7.31. The number of morpholine rings is 1. The number of hydrogen-bond acceptors (Lipinski definition) is 4. The van der Waals surface area contributed by atoms with Crippen molar-refractivity contribution in [1.82, 2.24) is 5.32 Å². The van der Waals surface area contributed by atoms with Gasteiger partial charge in [-0.3, -0.25) is 4.79 Å². The van der Waals surface area contributed by atoms with E-state index < -0.39 is 12.8 Å². The number of benzene rings is 1. The van der Waals surface area contributed by atoms with Gasteiger partial charge in [-0.1, -0.05) is 11.6 Å². The van der Waals surface area contributed by atoms with E-state index in [1.54, 1.807) is 0 Å². The summed E-state index contributed by atoms with van der Waals surface area (Å²) in [6.45, 7) is 0.187. The van der Waals surface area contributed by atoms with Crippen molar-refractivity contribution >= 4 is 35.6 Å². The summed E-state index contributed by atoms with van der Waals surface area (Å²) in [6.07, 6.45) is -4.34. The lowest BCUT2D eigenvalue weighted by Crippen LogP contribution is -2.43. The monoisotopic (exact) mass is 388 g/mol. The zero-order chi connectivity index (χ0) is 16.9. The van der Waals surface area contributed by atoms with Crippen molar-refractivity contribution < 1.29 is 27.4 Å². The van der Waals surface area contributed by atoms with Gasteiger partial charge in [0.25, 0.3) is 0 Å². The molecule has 2 N–H and O–H groups in total. The number of carbonyl (C=O) groups excluding carboxylic acids is 1. The van der Waals surface area contributed by atoms with Crippen LogP contribution in [0.2, 0.25) is 5.02 Å². The Balaban J connectivity index is 0.00000288. The van der Waals surface area contributed by atoms with Crippen LogP contribution in [0.3, 0.4) is 0 Å². The molecule has 1 heterocycles. The number of nitrogens with one attached hydrogen (secondary N) is 2. The van der Waals surface area contributed by atoms with Crippen LogP contribution in [0.25, 0.3) is 0 Å². The van der Waals surface area contributed by atoms with Gasteiger partial charge in [0.05, 0.1) is 18.9 Å². The van der Waals surface area contributed by atoms with Gasteiger partial charge in [0.1, 0.15) is 5.75 Å². The van der Waals surface area contributed by atoms with Gasteiger partial charge in [0, 0.05) is 24.0 Å². The Hall–Kier alpha value is -1.22.